The third-order valence-corrected chi connectivity index (χ3v) is 12.0. The van der Waals surface area contributed by atoms with Gasteiger partial charge in [0.1, 0.15) is 4.83 Å². The zero-order valence-electron chi connectivity index (χ0n) is 27.0. The van der Waals surface area contributed by atoms with E-state index in [0.29, 0.717) is 17.6 Å². The quantitative estimate of drug-likeness (QED) is 0.185. The Morgan fingerprint density at radius 2 is 1.04 bits per heavy atom. The molecule has 11 aromatic rings. The van der Waals surface area contributed by atoms with Crippen molar-refractivity contribution < 1.29 is 0 Å². The Hall–Kier alpha value is -6.28. The van der Waals surface area contributed by atoms with Crippen molar-refractivity contribution in [2.45, 2.75) is 0 Å². The average Bonchev–Trinajstić information content (AvgIpc) is 3.88. The van der Waals surface area contributed by atoms with E-state index >= 15 is 0 Å². The van der Waals surface area contributed by atoms with E-state index in [1.54, 1.807) is 11.3 Å². The van der Waals surface area contributed by atoms with E-state index in [4.69, 9.17) is 19.9 Å². The molecule has 5 aromatic heterocycles. The number of pyridine rings is 1. The summed E-state index contributed by atoms with van der Waals surface area (Å²) in [6.07, 6.45) is 1.89. The molecule has 0 unspecified atom stereocenters. The summed E-state index contributed by atoms with van der Waals surface area (Å²) >= 11 is 3.62. The molecule has 0 saturated carbocycles. The smallest absolute Gasteiger partial charge is 0.238 e. The first-order valence-electron chi connectivity index (χ1n) is 16.8. The van der Waals surface area contributed by atoms with Gasteiger partial charge >= 0.3 is 0 Å². The minimum atomic E-state index is 0.591. The van der Waals surface area contributed by atoms with Gasteiger partial charge in [-0.25, -0.2) is 9.97 Å². The molecule has 51 heavy (non-hydrogen) atoms. The molecule has 0 spiro atoms. The van der Waals surface area contributed by atoms with Gasteiger partial charge in [-0.15, -0.1) is 22.7 Å². The highest BCUT2D eigenvalue weighted by Gasteiger charge is 2.26. The molecular formula is C44H25N5S2. The number of thiophene rings is 2. The van der Waals surface area contributed by atoms with Gasteiger partial charge in [0.15, 0.2) is 11.6 Å². The number of nitrogens with zero attached hydrogens (tertiary/aromatic N) is 5. The number of hydrogen-bond acceptors (Lipinski definition) is 6. The fourth-order valence-electron chi connectivity index (χ4n) is 7.46. The zero-order valence-corrected chi connectivity index (χ0v) is 28.6. The van der Waals surface area contributed by atoms with Crippen molar-refractivity contribution in [3.05, 3.63) is 152 Å². The Balaban J connectivity index is 1.27. The van der Waals surface area contributed by atoms with E-state index in [9.17, 15) is 0 Å². The van der Waals surface area contributed by atoms with Crippen LogP contribution in [0.4, 0.5) is 0 Å². The third-order valence-electron chi connectivity index (χ3n) is 9.73. The highest BCUT2D eigenvalue weighted by molar-refractivity contribution is 7.30. The fraction of sp³-hybridized carbons (Fsp3) is 0. The van der Waals surface area contributed by atoms with Crippen LogP contribution in [0.25, 0.3) is 102 Å². The van der Waals surface area contributed by atoms with Gasteiger partial charge in [0, 0.05) is 59.0 Å². The highest BCUT2D eigenvalue weighted by atomic mass is 32.1. The Bertz CT molecular complexity index is 3120. The largest absolute Gasteiger partial charge is 0.276 e. The van der Waals surface area contributed by atoms with Crippen LogP contribution in [0.3, 0.4) is 0 Å². The summed E-state index contributed by atoms with van der Waals surface area (Å²) in [7, 11) is 0. The van der Waals surface area contributed by atoms with Crippen molar-refractivity contribution in [1.82, 2.24) is 24.5 Å². The van der Waals surface area contributed by atoms with Crippen LogP contribution in [0.1, 0.15) is 0 Å². The Morgan fingerprint density at radius 1 is 0.431 bits per heavy atom. The molecule has 0 fully saturated rings. The summed E-state index contributed by atoms with van der Waals surface area (Å²) in [5.74, 6) is 1.85. The van der Waals surface area contributed by atoms with Crippen LogP contribution in [0.2, 0.25) is 0 Å². The van der Waals surface area contributed by atoms with Crippen molar-refractivity contribution >= 4 is 85.0 Å². The van der Waals surface area contributed by atoms with Crippen molar-refractivity contribution in [3.63, 3.8) is 0 Å². The third kappa shape index (κ3) is 4.32. The summed E-state index contributed by atoms with van der Waals surface area (Å²) in [5.41, 5.74) is 6.35. The van der Waals surface area contributed by atoms with Gasteiger partial charge in [-0.1, -0.05) is 121 Å². The van der Waals surface area contributed by atoms with Crippen LogP contribution in [-0.4, -0.2) is 24.5 Å². The number of aromatic nitrogens is 5. The van der Waals surface area contributed by atoms with Crippen LogP contribution in [0.15, 0.2) is 152 Å². The molecule has 5 nitrogen and oxygen atoms in total. The molecule has 11 rings (SSSR count). The topological polar surface area (TPSA) is 56.5 Å². The second-order valence-corrected chi connectivity index (χ2v) is 14.7. The molecule has 0 radical (unpaired) electrons. The van der Waals surface area contributed by atoms with Crippen molar-refractivity contribution in [3.8, 4) is 39.9 Å². The second kappa shape index (κ2) is 11.1. The highest BCUT2D eigenvalue weighted by Crippen LogP contribution is 2.51. The SMILES string of the molecule is c1ccc(-c2ccc(-c3nc(-c4ccccc4)nc(-n4c5ccccc5c5c6c7cccnc7sc6c6c7ccccc7sc6c54)n3)cc2)cc1. The lowest BCUT2D eigenvalue weighted by Crippen LogP contribution is -2.06. The average molecular weight is 688 g/mol. The molecule has 0 N–H and O–H groups in total. The minimum absolute atomic E-state index is 0.591. The molecule has 238 valence electrons. The van der Waals surface area contributed by atoms with Crippen LogP contribution in [0, 0.1) is 0 Å². The van der Waals surface area contributed by atoms with Crippen molar-refractivity contribution in [1.29, 1.82) is 0 Å². The van der Waals surface area contributed by atoms with Gasteiger partial charge in [-0.05, 0) is 35.4 Å². The van der Waals surface area contributed by atoms with E-state index in [2.05, 4.69) is 120 Å². The minimum Gasteiger partial charge on any atom is -0.276 e. The number of benzene rings is 6. The number of fused-ring (bicyclic) bond motifs is 12. The van der Waals surface area contributed by atoms with E-state index in [1.807, 2.05) is 47.9 Å². The lowest BCUT2D eigenvalue weighted by molar-refractivity contribution is 0.955. The molecular weight excluding hydrogens is 663 g/mol. The summed E-state index contributed by atoms with van der Waals surface area (Å²) in [5, 5.41) is 7.29. The normalized spacial score (nSPS) is 11.9. The van der Waals surface area contributed by atoms with Crippen LogP contribution >= 0.6 is 22.7 Å². The molecule has 5 heterocycles. The van der Waals surface area contributed by atoms with Gasteiger partial charge in [0.2, 0.25) is 5.95 Å². The number of hydrogen-bond donors (Lipinski definition) is 0. The van der Waals surface area contributed by atoms with Crippen molar-refractivity contribution in [2.24, 2.45) is 0 Å². The zero-order chi connectivity index (χ0) is 33.5. The standard InChI is InChI=1S/C44H25N5S2/c1-3-12-26(13-4-1)27-21-23-29(24-22-27)42-46-41(28-14-5-2-6-15-28)47-44(48-42)49-33-19-9-7-16-30(33)35-36-32-18-11-25-45-43(32)51-39(36)37-31-17-8-10-20-34(31)50-40(37)38(35)49/h1-25H. The maximum atomic E-state index is 5.30. The van der Waals surface area contributed by atoms with Crippen LogP contribution < -0.4 is 0 Å². The number of para-hydroxylation sites is 1. The van der Waals surface area contributed by atoms with E-state index in [0.717, 1.165) is 37.9 Å². The molecule has 0 aliphatic heterocycles. The van der Waals surface area contributed by atoms with E-state index in [1.165, 1.54) is 46.6 Å². The Kier molecular flexibility index (Phi) is 6.22. The molecule has 0 saturated heterocycles. The van der Waals surface area contributed by atoms with Crippen molar-refractivity contribution in [2.75, 3.05) is 0 Å². The van der Waals surface area contributed by atoms with Gasteiger partial charge in [0.05, 0.1) is 15.7 Å². The van der Waals surface area contributed by atoms with Gasteiger partial charge in [0.25, 0.3) is 0 Å². The van der Waals surface area contributed by atoms with Crippen LogP contribution in [0.5, 0.6) is 0 Å². The fourth-order valence-corrected chi connectivity index (χ4v) is 9.99. The first-order valence-corrected chi connectivity index (χ1v) is 18.4. The summed E-state index contributed by atoms with van der Waals surface area (Å²) in [4.78, 5) is 21.5. The van der Waals surface area contributed by atoms with E-state index < -0.39 is 0 Å². The van der Waals surface area contributed by atoms with Gasteiger partial charge in [-0.2, -0.15) is 9.97 Å². The monoisotopic (exact) mass is 687 g/mol. The Labute approximate surface area is 299 Å². The summed E-state index contributed by atoms with van der Waals surface area (Å²) < 4.78 is 6.02. The molecule has 0 atom stereocenters. The predicted molar refractivity (Wildman–Crippen MR) is 214 cm³/mol. The summed E-state index contributed by atoms with van der Waals surface area (Å²) in [6, 6.07) is 50.8. The second-order valence-electron chi connectivity index (χ2n) is 12.6. The predicted octanol–water partition coefficient (Wildman–Crippen LogP) is 12.1. The van der Waals surface area contributed by atoms with Gasteiger partial charge in [-0.3, -0.25) is 4.57 Å². The lowest BCUT2D eigenvalue weighted by atomic mass is 10.0. The molecule has 0 amide bonds. The lowest BCUT2D eigenvalue weighted by Gasteiger charge is -2.12. The maximum absolute atomic E-state index is 5.30. The molecule has 0 aliphatic carbocycles. The first kappa shape index (κ1) is 28.5. The molecule has 6 aromatic carbocycles. The van der Waals surface area contributed by atoms with Gasteiger partial charge < -0.3 is 0 Å². The van der Waals surface area contributed by atoms with Crippen LogP contribution in [-0.2, 0) is 0 Å². The van der Waals surface area contributed by atoms with E-state index in [-0.39, 0.29) is 0 Å². The molecule has 0 aliphatic rings. The Morgan fingerprint density at radius 3 is 1.82 bits per heavy atom. The first-order chi connectivity index (χ1) is 25.3. The maximum Gasteiger partial charge on any atom is 0.238 e. The summed E-state index contributed by atoms with van der Waals surface area (Å²) in [6.45, 7) is 0. The molecule has 0 bridgehead atoms. The molecule has 7 heteroatoms. The number of rotatable bonds is 4.